The number of aliphatic hydroxyl groups excluding tert-OH is 1. The second kappa shape index (κ2) is 7.38. The van der Waals surface area contributed by atoms with Crippen LogP contribution in [0.25, 0.3) is 10.4 Å². The Morgan fingerprint density at radius 1 is 1.62 bits per heavy atom. The lowest BCUT2D eigenvalue weighted by atomic mass is 10.1. The molecule has 16 heavy (non-hydrogen) atoms. The van der Waals surface area contributed by atoms with Gasteiger partial charge in [-0.25, -0.2) is 0 Å². The Kier molecular flexibility index (Phi) is 6.07. The van der Waals surface area contributed by atoms with Crippen LogP contribution in [0.5, 0.6) is 0 Å². The number of carbonyl (C=O) groups excluding carboxylic acids is 1. The van der Waals surface area contributed by atoms with Crippen LogP contribution >= 0.6 is 11.8 Å². The molecule has 1 rings (SSSR count). The Bertz CT molecular complexity index is 281. The van der Waals surface area contributed by atoms with E-state index in [0.717, 1.165) is 12.3 Å². The van der Waals surface area contributed by atoms with Gasteiger partial charge in [0.15, 0.2) is 0 Å². The first-order valence-corrected chi connectivity index (χ1v) is 6.40. The zero-order valence-electron chi connectivity index (χ0n) is 9.08. The van der Waals surface area contributed by atoms with Crippen LogP contribution in [-0.4, -0.2) is 53.7 Å². The Labute approximate surface area is 98.6 Å². The summed E-state index contributed by atoms with van der Waals surface area (Å²) in [4.78, 5) is 16.1. The van der Waals surface area contributed by atoms with Crippen LogP contribution in [-0.2, 0) is 4.79 Å². The lowest BCUT2D eigenvalue weighted by Crippen LogP contribution is -2.28. The first-order valence-electron chi connectivity index (χ1n) is 5.25. The van der Waals surface area contributed by atoms with E-state index in [0.29, 0.717) is 25.3 Å². The van der Waals surface area contributed by atoms with Gasteiger partial charge in [-0.15, -0.1) is 0 Å². The normalized spacial score (nSPS) is 19.9. The van der Waals surface area contributed by atoms with E-state index in [1.54, 1.807) is 11.8 Å². The molecule has 1 aliphatic heterocycles. The van der Waals surface area contributed by atoms with Gasteiger partial charge in [0.25, 0.3) is 0 Å². The molecule has 1 amide bonds. The average molecular weight is 244 g/mol. The highest BCUT2D eigenvalue weighted by atomic mass is 32.2. The highest BCUT2D eigenvalue weighted by Crippen LogP contribution is 2.18. The lowest BCUT2D eigenvalue weighted by molar-refractivity contribution is -0.127. The van der Waals surface area contributed by atoms with E-state index in [4.69, 9.17) is 10.6 Å². The van der Waals surface area contributed by atoms with Crippen molar-refractivity contribution >= 4 is 17.7 Å². The van der Waals surface area contributed by atoms with Crippen LogP contribution in [0.1, 0.15) is 6.42 Å². The van der Waals surface area contributed by atoms with Gasteiger partial charge in [0, 0.05) is 42.5 Å². The molecule has 1 N–H and O–H groups in total. The van der Waals surface area contributed by atoms with Gasteiger partial charge in [-0.2, -0.15) is 11.8 Å². The van der Waals surface area contributed by atoms with Gasteiger partial charge in [-0.05, 0) is 11.4 Å². The van der Waals surface area contributed by atoms with Gasteiger partial charge in [-0.3, -0.25) is 4.79 Å². The van der Waals surface area contributed by atoms with Gasteiger partial charge in [0.1, 0.15) is 0 Å². The van der Waals surface area contributed by atoms with Gasteiger partial charge in [-0.1, -0.05) is 5.11 Å². The molecule has 0 bridgehead atoms. The summed E-state index contributed by atoms with van der Waals surface area (Å²) in [6.45, 7) is 1.99. The number of likely N-dealkylation sites (tertiary alicyclic amines) is 1. The third-order valence-electron chi connectivity index (χ3n) is 2.44. The zero-order chi connectivity index (χ0) is 11.8. The molecule has 0 aliphatic carbocycles. The highest BCUT2D eigenvalue weighted by molar-refractivity contribution is 7.99. The average Bonchev–Trinajstić information content (AvgIpc) is 2.63. The van der Waals surface area contributed by atoms with Crippen LogP contribution < -0.4 is 0 Å². The van der Waals surface area contributed by atoms with E-state index >= 15 is 0 Å². The number of thioether (sulfide) groups is 1. The maximum Gasteiger partial charge on any atom is 0.222 e. The molecule has 1 fully saturated rings. The molecule has 6 nitrogen and oxygen atoms in total. The van der Waals surface area contributed by atoms with Crippen molar-refractivity contribution in [2.75, 3.05) is 37.7 Å². The largest absolute Gasteiger partial charge is 0.396 e. The fourth-order valence-electron chi connectivity index (χ4n) is 1.69. The predicted molar refractivity (Wildman–Crippen MR) is 63.1 cm³/mol. The topological polar surface area (TPSA) is 89.3 Å². The molecule has 0 aromatic rings. The summed E-state index contributed by atoms with van der Waals surface area (Å²) in [5.74, 6) is 1.87. The van der Waals surface area contributed by atoms with Crippen molar-refractivity contribution in [3.05, 3.63) is 10.4 Å². The summed E-state index contributed by atoms with van der Waals surface area (Å²) in [5, 5.41) is 12.1. The highest BCUT2D eigenvalue weighted by Gasteiger charge is 2.28. The summed E-state index contributed by atoms with van der Waals surface area (Å²) in [6.07, 6.45) is 0.490. The van der Waals surface area contributed by atoms with Crippen LogP contribution in [0.15, 0.2) is 5.11 Å². The molecule has 1 saturated heterocycles. The summed E-state index contributed by atoms with van der Waals surface area (Å²) < 4.78 is 0. The number of rotatable bonds is 7. The van der Waals surface area contributed by atoms with Crippen LogP contribution in [0.2, 0.25) is 0 Å². The summed E-state index contributed by atoms with van der Waals surface area (Å²) in [6, 6.07) is 0. The van der Waals surface area contributed by atoms with Crippen molar-refractivity contribution in [3.8, 4) is 0 Å². The molecular weight excluding hydrogens is 228 g/mol. The monoisotopic (exact) mass is 244 g/mol. The predicted octanol–water partition coefficient (Wildman–Crippen LogP) is 0.871. The van der Waals surface area contributed by atoms with Crippen molar-refractivity contribution < 1.29 is 9.90 Å². The molecule has 90 valence electrons. The molecule has 1 atom stereocenters. The Hall–Kier alpha value is -0.910. The van der Waals surface area contributed by atoms with Gasteiger partial charge in [0.05, 0.1) is 6.61 Å². The third-order valence-corrected chi connectivity index (χ3v) is 3.38. The number of nitrogens with zero attached hydrogens (tertiary/aromatic N) is 4. The van der Waals surface area contributed by atoms with Crippen LogP contribution in [0.3, 0.4) is 0 Å². The maximum absolute atomic E-state index is 11.5. The van der Waals surface area contributed by atoms with E-state index in [2.05, 4.69) is 10.0 Å². The Morgan fingerprint density at radius 3 is 3.12 bits per heavy atom. The third kappa shape index (κ3) is 4.30. The molecule has 0 radical (unpaired) electrons. The first kappa shape index (κ1) is 13.2. The van der Waals surface area contributed by atoms with Gasteiger partial charge in [0.2, 0.25) is 5.91 Å². The second-order valence-electron chi connectivity index (χ2n) is 3.66. The summed E-state index contributed by atoms with van der Waals surface area (Å²) in [7, 11) is 0. The molecule has 0 spiro atoms. The number of hydrogen-bond acceptors (Lipinski definition) is 4. The van der Waals surface area contributed by atoms with E-state index in [9.17, 15) is 4.79 Å². The van der Waals surface area contributed by atoms with Crippen molar-refractivity contribution in [2.24, 2.45) is 11.0 Å². The van der Waals surface area contributed by atoms with E-state index in [1.165, 1.54) is 0 Å². The molecule has 1 aliphatic rings. The van der Waals surface area contributed by atoms with Crippen LogP contribution in [0.4, 0.5) is 0 Å². The maximum atomic E-state index is 11.5. The van der Waals surface area contributed by atoms with E-state index < -0.39 is 0 Å². The van der Waals surface area contributed by atoms with Crippen LogP contribution in [0, 0.1) is 5.92 Å². The van der Waals surface area contributed by atoms with Gasteiger partial charge >= 0.3 is 0 Å². The van der Waals surface area contributed by atoms with Crippen molar-refractivity contribution in [1.82, 2.24) is 4.90 Å². The lowest BCUT2D eigenvalue weighted by Gasteiger charge is -2.15. The minimum absolute atomic E-state index is 0.141. The summed E-state index contributed by atoms with van der Waals surface area (Å²) >= 11 is 1.64. The number of hydrogen-bond donors (Lipinski definition) is 1. The summed E-state index contributed by atoms with van der Waals surface area (Å²) in [5.41, 5.74) is 8.19. The fraction of sp³-hybridized carbons (Fsp3) is 0.889. The molecule has 7 heteroatoms. The quantitative estimate of drug-likeness (QED) is 0.312. The molecular formula is C9H16N4O2S. The first-order chi connectivity index (χ1) is 7.77. The molecule has 1 heterocycles. The van der Waals surface area contributed by atoms with E-state index in [-0.39, 0.29) is 18.4 Å². The Morgan fingerprint density at radius 2 is 2.44 bits per heavy atom. The number of amides is 1. The zero-order valence-corrected chi connectivity index (χ0v) is 9.90. The minimum Gasteiger partial charge on any atom is -0.396 e. The van der Waals surface area contributed by atoms with Crippen molar-refractivity contribution in [1.29, 1.82) is 0 Å². The van der Waals surface area contributed by atoms with Gasteiger partial charge < -0.3 is 10.0 Å². The van der Waals surface area contributed by atoms with E-state index in [1.807, 2.05) is 4.90 Å². The fourth-order valence-corrected chi connectivity index (χ4v) is 2.37. The smallest absolute Gasteiger partial charge is 0.222 e. The number of carbonyl (C=O) groups is 1. The van der Waals surface area contributed by atoms with Crippen molar-refractivity contribution in [3.63, 3.8) is 0 Å². The molecule has 1 unspecified atom stereocenters. The molecule has 0 saturated carbocycles. The second-order valence-corrected chi connectivity index (χ2v) is 4.88. The Balaban J connectivity index is 2.22. The molecule has 0 aromatic heterocycles. The standard InChI is InChI=1S/C9H16N4O2S/c10-12-11-6-8-5-9(15)13(7-8)1-3-16-4-2-14/h8,14H,1-7H2. The number of azide groups is 1. The molecule has 0 aromatic carbocycles. The van der Waals surface area contributed by atoms with Crippen molar-refractivity contribution in [2.45, 2.75) is 6.42 Å². The minimum atomic E-state index is 0.141. The number of aliphatic hydroxyl groups is 1. The SMILES string of the molecule is [N-]=[N+]=NCC1CC(=O)N(CCSCCO)C1.